The first kappa shape index (κ1) is 14.7. The van der Waals surface area contributed by atoms with Gasteiger partial charge >= 0.3 is 5.97 Å². The zero-order chi connectivity index (χ0) is 16.5. The van der Waals surface area contributed by atoms with E-state index in [0.29, 0.717) is 6.54 Å². The van der Waals surface area contributed by atoms with Crippen LogP contribution >= 0.6 is 0 Å². The summed E-state index contributed by atoms with van der Waals surface area (Å²) in [6.07, 6.45) is 5.95. The monoisotopic (exact) mass is 318 g/mol. The molecule has 1 aliphatic rings. The summed E-state index contributed by atoms with van der Waals surface area (Å²) in [5.74, 6) is -0.892. The van der Waals surface area contributed by atoms with Gasteiger partial charge in [-0.05, 0) is 52.8 Å². The van der Waals surface area contributed by atoms with Crippen LogP contribution in [0.1, 0.15) is 29.7 Å². The van der Waals surface area contributed by atoms with Gasteiger partial charge in [0.05, 0.1) is 18.4 Å². The minimum absolute atomic E-state index is 0.650. The van der Waals surface area contributed by atoms with E-state index in [9.17, 15) is 4.79 Å². The Bertz CT molecular complexity index is 953. The number of allylic oxidation sites excluding steroid dienone is 1. The zero-order valence-electron chi connectivity index (χ0n) is 13.3. The quantitative estimate of drug-likeness (QED) is 0.745. The first-order valence-electron chi connectivity index (χ1n) is 8.17. The number of nitrogens with zero attached hydrogens (tertiary/aromatic N) is 2. The Labute approximate surface area is 140 Å². The Kier molecular flexibility index (Phi) is 3.65. The molecule has 0 amide bonds. The highest BCUT2D eigenvalue weighted by atomic mass is 16.4. The second-order valence-corrected chi connectivity index (χ2v) is 6.22. The molecule has 0 saturated carbocycles. The molecule has 1 aliphatic carbocycles. The normalized spacial score (nSPS) is 15.6. The second-order valence-electron chi connectivity index (χ2n) is 6.22. The van der Waals surface area contributed by atoms with Crippen LogP contribution in [0, 0.1) is 0 Å². The molecule has 0 aliphatic heterocycles. The van der Waals surface area contributed by atoms with Crippen LogP contribution in [0.2, 0.25) is 0 Å². The third-order valence-corrected chi connectivity index (χ3v) is 4.56. The van der Waals surface area contributed by atoms with Gasteiger partial charge in [-0.15, -0.1) is 0 Å². The summed E-state index contributed by atoms with van der Waals surface area (Å²) in [5, 5.41) is 16.1. The summed E-state index contributed by atoms with van der Waals surface area (Å²) in [7, 11) is 0. The van der Waals surface area contributed by atoms with Crippen molar-refractivity contribution < 1.29 is 9.90 Å². The number of aromatic nitrogens is 2. The number of benzene rings is 2. The predicted molar refractivity (Wildman–Crippen MR) is 93.8 cm³/mol. The molecule has 3 aromatic rings. The van der Waals surface area contributed by atoms with Gasteiger partial charge < -0.3 is 5.11 Å². The van der Waals surface area contributed by atoms with E-state index < -0.39 is 5.97 Å². The lowest BCUT2D eigenvalue weighted by Crippen LogP contribution is -2.11. The Morgan fingerprint density at radius 2 is 2.00 bits per heavy atom. The van der Waals surface area contributed by atoms with Crippen molar-refractivity contribution >= 4 is 22.3 Å². The Hall–Kier alpha value is -2.88. The fraction of sp³-hybridized carbons (Fsp3) is 0.200. The lowest BCUT2D eigenvalue weighted by atomic mass is 9.92. The maximum Gasteiger partial charge on any atom is 0.328 e. The molecule has 0 atom stereocenters. The van der Waals surface area contributed by atoms with Crippen LogP contribution < -0.4 is 0 Å². The molecule has 1 aromatic heterocycles. The van der Waals surface area contributed by atoms with Crippen molar-refractivity contribution in [2.45, 2.75) is 25.8 Å². The topological polar surface area (TPSA) is 55.1 Å². The van der Waals surface area contributed by atoms with Crippen molar-refractivity contribution in [2.75, 3.05) is 0 Å². The number of fused-ring (bicyclic) bond motifs is 2. The van der Waals surface area contributed by atoms with Crippen LogP contribution in [0.3, 0.4) is 0 Å². The molecule has 4 rings (SSSR count). The summed E-state index contributed by atoms with van der Waals surface area (Å²) in [6, 6.07) is 14.7. The fourth-order valence-corrected chi connectivity index (χ4v) is 3.49. The molecule has 1 N–H and O–H groups in total. The maximum atomic E-state index is 11.1. The molecule has 4 heteroatoms. The van der Waals surface area contributed by atoms with Gasteiger partial charge in [-0.1, -0.05) is 36.4 Å². The molecule has 4 nitrogen and oxygen atoms in total. The smallest absolute Gasteiger partial charge is 0.328 e. The Morgan fingerprint density at radius 1 is 1.17 bits per heavy atom. The minimum Gasteiger partial charge on any atom is -0.478 e. The number of carboxylic acids is 1. The van der Waals surface area contributed by atoms with Gasteiger partial charge in [0.1, 0.15) is 0 Å². The molecule has 120 valence electrons. The SMILES string of the molecule is O=C(O)/C=C1\CCCc2cnn(Cc3ccc4ccccc4c3)c21. The number of rotatable bonds is 3. The number of carboxylic acid groups (broad SMARTS) is 1. The summed E-state index contributed by atoms with van der Waals surface area (Å²) in [5.41, 5.74) is 4.17. The Morgan fingerprint density at radius 3 is 2.83 bits per heavy atom. The van der Waals surface area contributed by atoms with E-state index in [1.54, 1.807) is 0 Å². The van der Waals surface area contributed by atoms with Crippen LogP contribution in [-0.2, 0) is 17.8 Å². The van der Waals surface area contributed by atoms with Crippen molar-refractivity contribution in [1.82, 2.24) is 9.78 Å². The highest BCUT2D eigenvalue weighted by Crippen LogP contribution is 2.31. The van der Waals surface area contributed by atoms with Crippen molar-refractivity contribution in [3.8, 4) is 0 Å². The second kappa shape index (κ2) is 5.96. The van der Waals surface area contributed by atoms with Gasteiger partial charge in [0.2, 0.25) is 0 Å². The molecule has 24 heavy (non-hydrogen) atoms. The third-order valence-electron chi connectivity index (χ3n) is 4.56. The van der Waals surface area contributed by atoms with Crippen LogP contribution in [0.5, 0.6) is 0 Å². The van der Waals surface area contributed by atoms with Gasteiger partial charge in [-0.3, -0.25) is 4.68 Å². The van der Waals surface area contributed by atoms with E-state index in [-0.39, 0.29) is 0 Å². The molecular weight excluding hydrogens is 300 g/mol. The van der Waals surface area contributed by atoms with Crippen LogP contribution in [-0.4, -0.2) is 20.9 Å². The third kappa shape index (κ3) is 2.71. The van der Waals surface area contributed by atoms with Gasteiger partial charge in [0, 0.05) is 6.08 Å². The van der Waals surface area contributed by atoms with Crippen molar-refractivity contribution in [1.29, 1.82) is 0 Å². The van der Waals surface area contributed by atoms with Crippen LogP contribution in [0.25, 0.3) is 16.3 Å². The van der Waals surface area contributed by atoms with E-state index in [4.69, 9.17) is 5.11 Å². The lowest BCUT2D eigenvalue weighted by molar-refractivity contribution is -0.131. The van der Waals surface area contributed by atoms with Crippen molar-refractivity contribution in [2.24, 2.45) is 0 Å². The number of aryl methyl sites for hydroxylation is 1. The largest absolute Gasteiger partial charge is 0.478 e. The van der Waals surface area contributed by atoms with E-state index in [1.165, 1.54) is 22.4 Å². The molecule has 0 unspecified atom stereocenters. The number of aliphatic carboxylic acids is 1. The molecule has 0 radical (unpaired) electrons. The van der Waals surface area contributed by atoms with E-state index in [2.05, 4.69) is 35.4 Å². The average molecular weight is 318 g/mol. The highest BCUT2D eigenvalue weighted by molar-refractivity contribution is 5.90. The lowest BCUT2D eigenvalue weighted by Gasteiger charge is -2.17. The summed E-state index contributed by atoms with van der Waals surface area (Å²) in [4.78, 5) is 11.1. The fourth-order valence-electron chi connectivity index (χ4n) is 3.49. The summed E-state index contributed by atoms with van der Waals surface area (Å²) in [6.45, 7) is 0.650. The standard InChI is InChI=1S/C20H18N2O2/c23-19(24)11-17-6-3-7-18-12-21-22(20(17)18)13-14-8-9-15-4-1-2-5-16(15)10-14/h1-2,4-5,8-12H,3,6-7,13H2,(H,23,24)/b17-11+. The number of hydrogen-bond donors (Lipinski definition) is 1. The molecule has 0 saturated heterocycles. The van der Waals surface area contributed by atoms with Gasteiger partial charge in [-0.2, -0.15) is 5.10 Å². The minimum atomic E-state index is -0.892. The van der Waals surface area contributed by atoms with Crippen LogP contribution in [0.15, 0.2) is 54.7 Å². The van der Waals surface area contributed by atoms with Crippen LogP contribution in [0.4, 0.5) is 0 Å². The summed E-state index contributed by atoms with van der Waals surface area (Å²) < 4.78 is 1.94. The first-order valence-corrected chi connectivity index (χ1v) is 8.17. The number of carbonyl (C=O) groups is 1. The number of hydrogen-bond acceptors (Lipinski definition) is 2. The first-order chi connectivity index (χ1) is 11.7. The average Bonchev–Trinajstić information content (AvgIpc) is 2.98. The predicted octanol–water partition coefficient (Wildman–Crippen LogP) is 3.89. The van der Waals surface area contributed by atoms with Gasteiger partial charge in [-0.25, -0.2) is 4.79 Å². The van der Waals surface area contributed by atoms with E-state index in [0.717, 1.165) is 36.1 Å². The highest BCUT2D eigenvalue weighted by Gasteiger charge is 2.20. The van der Waals surface area contributed by atoms with Crippen molar-refractivity contribution in [3.63, 3.8) is 0 Å². The van der Waals surface area contributed by atoms with Gasteiger partial charge in [0.25, 0.3) is 0 Å². The van der Waals surface area contributed by atoms with Gasteiger partial charge in [0.15, 0.2) is 0 Å². The van der Waals surface area contributed by atoms with E-state index in [1.807, 2.05) is 23.0 Å². The molecule has 0 fully saturated rings. The maximum absolute atomic E-state index is 11.1. The molecule has 1 heterocycles. The molecule has 2 aromatic carbocycles. The molecular formula is C20H18N2O2. The molecule has 0 spiro atoms. The van der Waals surface area contributed by atoms with E-state index >= 15 is 0 Å². The van der Waals surface area contributed by atoms with Crippen molar-refractivity contribution in [3.05, 3.63) is 71.6 Å². The Balaban J connectivity index is 1.72. The zero-order valence-corrected chi connectivity index (χ0v) is 13.3. The summed E-state index contributed by atoms with van der Waals surface area (Å²) >= 11 is 0. The molecule has 0 bridgehead atoms.